The SMILES string of the molecule is Cc1ccccc1C1(CC(=O)N2CC3CCC2C3)CC(=O)N(Cc2ccncc2)C1=O. The highest BCUT2D eigenvalue weighted by Gasteiger charge is 2.55. The van der Waals surface area contributed by atoms with Crippen LogP contribution < -0.4 is 0 Å². The van der Waals surface area contributed by atoms with E-state index in [1.54, 1.807) is 24.5 Å². The lowest BCUT2D eigenvalue weighted by atomic mass is 9.73. The summed E-state index contributed by atoms with van der Waals surface area (Å²) in [7, 11) is 0. The van der Waals surface area contributed by atoms with E-state index in [1.807, 2.05) is 36.1 Å². The molecule has 3 unspecified atom stereocenters. The van der Waals surface area contributed by atoms with Gasteiger partial charge in [-0.25, -0.2) is 0 Å². The first kappa shape index (κ1) is 19.9. The Morgan fingerprint density at radius 3 is 2.58 bits per heavy atom. The second kappa shape index (κ2) is 7.59. The van der Waals surface area contributed by atoms with Gasteiger partial charge in [-0.2, -0.15) is 0 Å². The maximum atomic E-state index is 13.8. The van der Waals surface area contributed by atoms with Crippen LogP contribution >= 0.6 is 0 Å². The van der Waals surface area contributed by atoms with Crippen molar-refractivity contribution in [2.45, 2.75) is 57.0 Å². The first-order valence-corrected chi connectivity index (χ1v) is 11.1. The van der Waals surface area contributed by atoms with Crippen molar-refractivity contribution in [1.29, 1.82) is 0 Å². The van der Waals surface area contributed by atoms with Crippen molar-refractivity contribution in [2.24, 2.45) is 5.92 Å². The Morgan fingerprint density at radius 1 is 1.13 bits per heavy atom. The number of hydrogen-bond acceptors (Lipinski definition) is 4. The Bertz CT molecular complexity index is 1040. The van der Waals surface area contributed by atoms with Gasteiger partial charge in [0.2, 0.25) is 17.7 Å². The molecule has 3 aliphatic rings. The molecule has 3 atom stereocenters. The zero-order valence-corrected chi connectivity index (χ0v) is 17.8. The van der Waals surface area contributed by atoms with E-state index >= 15 is 0 Å². The average molecular weight is 418 g/mol. The van der Waals surface area contributed by atoms with Crippen LogP contribution in [-0.2, 0) is 26.3 Å². The molecule has 1 aliphatic carbocycles. The van der Waals surface area contributed by atoms with Gasteiger partial charge < -0.3 is 4.90 Å². The summed E-state index contributed by atoms with van der Waals surface area (Å²) in [6.07, 6.45) is 6.71. The molecular formula is C25H27N3O3. The zero-order valence-electron chi connectivity index (χ0n) is 17.8. The molecule has 160 valence electrons. The topological polar surface area (TPSA) is 70.6 Å². The number of carbonyl (C=O) groups is 3. The van der Waals surface area contributed by atoms with E-state index in [-0.39, 0.29) is 37.1 Å². The minimum atomic E-state index is -1.13. The van der Waals surface area contributed by atoms with Crippen molar-refractivity contribution in [3.8, 4) is 0 Å². The molecular weight excluding hydrogens is 390 g/mol. The van der Waals surface area contributed by atoms with Crippen molar-refractivity contribution < 1.29 is 14.4 Å². The van der Waals surface area contributed by atoms with Gasteiger partial charge >= 0.3 is 0 Å². The monoisotopic (exact) mass is 417 g/mol. The van der Waals surface area contributed by atoms with Gasteiger partial charge in [-0.05, 0) is 60.9 Å². The molecule has 2 bridgehead atoms. The molecule has 3 amide bonds. The summed E-state index contributed by atoms with van der Waals surface area (Å²) in [6.45, 7) is 2.94. The third kappa shape index (κ3) is 3.34. The van der Waals surface area contributed by atoms with Crippen LogP contribution in [0, 0.1) is 12.8 Å². The molecule has 0 N–H and O–H groups in total. The fourth-order valence-corrected chi connectivity index (χ4v) is 5.78. The molecule has 1 aromatic heterocycles. The number of nitrogens with zero attached hydrogens (tertiary/aromatic N) is 3. The van der Waals surface area contributed by atoms with Crippen LogP contribution in [0.15, 0.2) is 48.8 Å². The third-order valence-corrected chi connectivity index (χ3v) is 7.34. The standard InChI is InChI=1S/C25H27N3O3/c1-17-4-2-3-5-21(17)25(13-22(29)27-16-19-6-7-20(27)12-19)14-23(30)28(24(25)31)15-18-8-10-26-11-9-18/h2-5,8-11,19-20H,6-7,12-16H2,1H3. The summed E-state index contributed by atoms with van der Waals surface area (Å²) >= 11 is 0. The summed E-state index contributed by atoms with van der Waals surface area (Å²) in [5.74, 6) is 0.108. The molecule has 2 aromatic rings. The highest BCUT2D eigenvalue weighted by Crippen LogP contribution is 2.44. The molecule has 1 saturated carbocycles. The van der Waals surface area contributed by atoms with E-state index in [1.165, 1.54) is 11.3 Å². The summed E-state index contributed by atoms with van der Waals surface area (Å²) in [4.78, 5) is 47.6. The van der Waals surface area contributed by atoms with Gasteiger partial charge in [0.25, 0.3) is 0 Å². The van der Waals surface area contributed by atoms with Gasteiger partial charge in [0, 0.05) is 37.8 Å². The van der Waals surface area contributed by atoms with E-state index in [4.69, 9.17) is 0 Å². The number of imide groups is 1. The molecule has 5 rings (SSSR count). The molecule has 3 heterocycles. The third-order valence-electron chi connectivity index (χ3n) is 7.34. The van der Waals surface area contributed by atoms with Crippen LogP contribution in [0.2, 0.25) is 0 Å². The van der Waals surface area contributed by atoms with E-state index in [2.05, 4.69) is 4.98 Å². The van der Waals surface area contributed by atoms with Crippen LogP contribution in [0.1, 0.15) is 48.8 Å². The number of rotatable bonds is 5. The van der Waals surface area contributed by atoms with Crippen molar-refractivity contribution in [3.63, 3.8) is 0 Å². The fourth-order valence-electron chi connectivity index (χ4n) is 5.78. The summed E-state index contributed by atoms with van der Waals surface area (Å²) in [5, 5.41) is 0. The Balaban J connectivity index is 1.49. The quantitative estimate of drug-likeness (QED) is 0.702. The Labute approximate surface area is 182 Å². The molecule has 0 radical (unpaired) electrons. The number of pyridine rings is 1. The lowest BCUT2D eigenvalue weighted by Crippen LogP contribution is -2.45. The zero-order chi connectivity index (χ0) is 21.6. The molecule has 3 fully saturated rings. The maximum Gasteiger partial charge on any atom is 0.241 e. The lowest BCUT2D eigenvalue weighted by molar-refractivity contribution is -0.143. The number of likely N-dealkylation sites (tertiary alicyclic amines) is 2. The largest absolute Gasteiger partial charge is 0.339 e. The number of hydrogen-bond donors (Lipinski definition) is 0. The van der Waals surface area contributed by atoms with Gasteiger partial charge in [0.15, 0.2) is 0 Å². The van der Waals surface area contributed by atoms with Gasteiger partial charge in [-0.3, -0.25) is 24.3 Å². The maximum absolute atomic E-state index is 13.8. The molecule has 6 heteroatoms. The van der Waals surface area contributed by atoms with Crippen molar-refractivity contribution in [1.82, 2.24) is 14.8 Å². The first-order chi connectivity index (χ1) is 15.0. The minimum absolute atomic E-state index is 0.00219. The van der Waals surface area contributed by atoms with Crippen LogP contribution in [0.25, 0.3) is 0 Å². The predicted octanol–water partition coefficient (Wildman–Crippen LogP) is 2.99. The number of carbonyl (C=O) groups excluding carboxylic acids is 3. The molecule has 2 aliphatic heterocycles. The number of piperidine rings is 1. The van der Waals surface area contributed by atoms with Crippen LogP contribution in [0.3, 0.4) is 0 Å². The predicted molar refractivity (Wildman–Crippen MR) is 115 cm³/mol. The minimum Gasteiger partial charge on any atom is -0.339 e. The molecule has 6 nitrogen and oxygen atoms in total. The molecule has 1 aromatic carbocycles. The van der Waals surface area contributed by atoms with Crippen LogP contribution in [-0.4, -0.2) is 45.1 Å². The Morgan fingerprint density at radius 2 is 1.90 bits per heavy atom. The summed E-state index contributed by atoms with van der Waals surface area (Å²) in [6, 6.07) is 11.6. The van der Waals surface area contributed by atoms with Crippen molar-refractivity contribution in [3.05, 3.63) is 65.5 Å². The molecule has 31 heavy (non-hydrogen) atoms. The average Bonchev–Trinajstić information content (AvgIpc) is 3.46. The van der Waals surface area contributed by atoms with Gasteiger partial charge in [0.1, 0.15) is 0 Å². The molecule has 2 saturated heterocycles. The normalized spacial score (nSPS) is 27.4. The molecule has 0 spiro atoms. The fraction of sp³-hybridized carbons (Fsp3) is 0.440. The number of aromatic nitrogens is 1. The van der Waals surface area contributed by atoms with Crippen molar-refractivity contribution >= 4 is 17.7 Å². The van der Waals surface area contributed by atoms with Gasteiger partial charge in [0.05, 0.1) is 12.0 Å². The number of fused-ring (bicyclic) bond motifs is 2. The van der Waals surface area contributed by atoms with Gasteiger partial charge in [-0.1, -0.05) is 24.3 Å². The summed E-state index contributed by atoms with van der Waals surface area (Å²) in [5.41, 5.74) is 1.45. The number of amides is 3. The van der Waals surface area contributed by atoms with E-state index in [0.29, 0.717) is 12.0 Å². The lowest BCUT2D eigenvalue weighted by Gasteiger charge is -2.33. The van der Waals surface area contributed by atoms with Crippen molar-refractivity contribution in [2.75, 3.05) is 6.54 Å². The Kier molecular flexibility index (Phi) is 4.88. The van der Waals surface area contributed by atoms with Crippen LogP contribution in [0.4, 0.5) is 0 Å². The van der Waals surface area contributed by atoms with Gasteiger partial charge in [-0.15, -0.1) is 0 Å². The second-order valence-corrected chi connectivity index (χ2v) is 9.27. The smallest absolute Gasteiger partial charge is 0.241 e. The second-order valence-electron chi connectivity index (χ2n) is 9.27. The van der Waals surface area contributed by atoms with Crippen LogP contribution in [0.5, 0.6) is 0 Å². The Hall–Kier alpha value is -3.02. The first-order valence-electron chi connectivity index (χ1n) is 11.1. The summed E-state index contributed by atoms with van der Waals surface area (Å²) < 4.78 is 0. The van der Waals surface area contributed by atoms with E-state index < -0.39 is 5.41 Å². The highest BCUT2D eigenvalue weighted by atomic mass is 16.2. The number of benzene rings is 1. The van der Waals surface area contributed by atoms with E-state index in [0.717, 1.165) is 36.1 Å². The number of aryl methyl sites for hydroxylation is 1. The highest BCUT2D eigenvalue weighted by molar-refractivity contribution is 6.10. The van der Waals surface area contributed by atoms with E-state index in [9.17, 15) is 14.4 Å².